The van der Waals surface area contributed by atoms with Crippen molar-refractivity contribution < 1.29 is 4.39 Å². The van der Waals surface area contributed by atoms with Gasteiger partial charge in [-0.2, -0.15) is 0 Å². The molecule has 3 rings (SSSR count). The fourth-order valence-corrected chi connectivity index (χ4v) is 2.27. The van der Waals surface area contributed by atoms with Gasteiger partial charge in [0, 0.05) is 23.1 Å². The van der Waals surface area contributed by atoms with Gasteiger partial charge in [-0.15, -0.1) is 0 Å². The lowest BCUT2D eigenvalue weighted by Gasteiger charge is -2.10. The molecule has 0 aliphatic heterocycles. The van der Waals surface area contributed by atoms with Gasteiger partial charge in [0.15, 0.2) is 5.82 Å². The Kier molecular flexibility index (Phi) is 4.02. The minimum atomic E-state index is -0.269. The number of nitrogens with one attached hydrogen (secondary N) is 1. The molecule has 0 spiro atoms. The summed E-state index contributed by atoms with van der Waals surface area (Å²) in [5.74, 6) is 0.965. The molecule has 0 saturated heterocycles. The van der Waals surface area contributed by atoms with Crippen LogP contribution in [0.15, 0.2) is 42.5 Å². The van der Waals surface area contributed by atoms with Gasteiger partial charge in [0.05, 0.1) is 0 Å². The van der Waals surface area contributed by atoms with Crippen LogP contribution in [-0.2, 0) is 0 Å². The average Bonchev–Trinajstić information content (AvgIpc) is 2.51. The molecule has 0 aliphatic carbocycles. The third-order valence-corrected chi connectivity index (χ3v) is 3.42. The van der Waals surface area contributed by atoms with Crippen LogP contribution in [-0.4, -0.2) is 15.0 Å². The van der Waals surface area contributed by atoms with E-state index in [1.165, 1.54) is 12.1 Å². The average molecular weight is 308 g/mol. The van der Waals surface area contributed by atoms with Crippen LogP contribution in [0.4, 0.5) is 15.9 Å². The summed E-state index contributed by atoms with van der Waals surface area (Å²) in [5, 5.41) is 3.17. The van der Waals surface area contributed by atoms with E-state index >= 15 is 0 Å². The van der Waals surface area contributed by atoms with Crippen LogP contribution in [0.3, 0.4) is 0 Å². The number of hydrogen-bond donors (Lipinski definition) is 1. The second kappa shape index (κ2) is 6.12. The van der Waals surface area contributed by atoms with E-state index in [1.807, 2.05) is 39.0 Å². The van der Waals surface area contributed by atoms with Crippen molar-refractivity contribution in [3.05, 3.63) is 65.2 Å². The largest absolute Gasteiger partial charge is 0.340 e. The highest BCUT2D eigenvalue weighted by Gasteiger charge is 2.10. The Hall–Kier alpha value is -2.82. The number of rotatable bonds is 3. The summed E-state index contributed by atoms with van der Waals surface area (Å²) < 4.78 is 13.0. The Morgan fingerprint density at radius 3 is 2.30 bits per heavy atom. The maximum atomic E-state index is 13.0. The predicted molar refractivity (Wildman–Crippen MR) is 89.2 cm³/mol. The van der Waals surface area contributed by atoms with Crippen LogP contribution >= 0.6 is 0 Å². The molecule has 0 unspecified atom stereocenters. The van der Waals surface area contributed by atoms with E-state index in [0.29, 0.717) is 11.6 Å². The maximum absolute atomic E-state index is 13.0. The van der Waals surface area contributed by atoms with Gasteiger partial charge in [-0.05, 0) is 56.7 Å². The second-order valence-corrected chi connectivity index (χ2v) is 5.47. The lowest BCUT2D eigenvalue weighted by atomic mass is 10.2. The molecule has 2 aromatic heterocycles. The third-order valence-electron chi connectivity index (χ3n) is 3.42. The van der Waals surface area contributed by atoms with Gasteiger partial charge >= 0.3 is 0 Å². The fourth-order valence-electron chi connectivity index (χ4n) is 2.27. The van der Waals surface area contributed by atoms with Crippen molar-refractivity contribution in [2.24, 2.45) is 0 Å². The van der Waals surface area contributed by atoms with E-state index in [-0.39, 0.29) is 5.82 Å². The lowest BCUT2D eigenvalue weighted by molar-refractivity contribution is 0.628. The molecule has 2 heterocycles. The summed E-state index contributed by atoms with van der Waals surface area (Å²) in [6, 6.07) is 12.0. The van der Waals surface area contributed by atoms with Crippen LogP contribution in [0.25, 0.3) is 11.5 Å². The summed E-state index contributed by atoms with van der Waals surface area (Å²) in [5.41, 5.74) is 4.32. The van der Waals surface area contributed by atoms with Crippen molar-refractivity contribution in [1.82, 2.24) is 15.0 Å². The summed E-state index contributed by atoms with van der Waals surface area (Å²) in [6.45, 7) is 5.84. The summed E-state index contributed by atoms with van der Waals surface area (Å²) in [7, 11) is 0. The maximum Gasteiger partial charge on any atom is 0.180 e. The Bertz CT molecular complexity index is 844. The minimum Gasteiger partial charge on any atom is -0.340 e. The van der Waals surface area contributed by atoms with Crippen LogP contribution in [0.1, 0.15) is 17.0 Å². The second-order valence-electron chi connectivity index (χ2n) is 5.47. The van der Waals surface area contributed by atoms with E-state index in [0.717, 1.165) is 28.3 Å². The van der Waals surface area contributed by atoms with Gasteiger partial charge in [-0.1, -0.05) is 6.07 Å². The summed E-state index contributed by atoms with van der Waals surface area (Å²) in [4.78, 5) is 13.6. The SMILES string of the molecule is Cc1cc(Nc2ccc(F)cc2)nc(-c2nc(C)ccc2C)n1. The predicted octanol–water partition coefficient (Wildman–Crippen LogP) is 4.35. The molecule has 4 nitrogen and oxygen atoms in total. The van der Waals surface area contributed by atoms with Crippen molar-refractivity contribution >= 4 is 11.5 Å². The third kappa shape index (κ3) is 3.51. The van der Waals surface area contributed by atoms with Gasteiger partial charge in [0.1, 0.15) is 17.3 Å². The molecular weight excluding hydrogens is 291 g/mol. The smallest absolute Gasteiger partial charge is 0.180 e. The number of halogens is 1. The number of nitrogens with zero attached hydrogens (tertiary/aromatic N) is 3. The molecule has 1 aromatic carbocycles. The highest BCUT2D eigenvalue weighted by atomic mass is 19.1. The summed E-state index contributed by atoms with van der Waals surface area (Å²) >= 11 is 0. The zero-order valence-corrected chi connectivity index (χ0v) is 13.3. The molecule has 0 aliphatic rings. The van der Waals surface area contributed by atoms with Crippen molar-refractivity contribution in [1.29, 1.82) is 0 Å². The van der Waals surface area contributed by atoms with Crippen LogP contribution in [0, 0.1) is 26.6 Å². The Balaban J connectivity index is 1.99. The van der Waals surface area contributed by atoms with E-state index in [9.17, 15) is 4.39 Å². The number of aryl methyl sites for hydroxylation is 3. The highest BCUT2D eigenvalue weighted by Crippen LogP contribution is 2.22. The topological polar surface area (TPSA) is 50.7 Å². The number of anilines is 2. The van der Waals surface area contributed by atoms with Gasteiger partial charge in [0.2, 0.25) is 0 Å². The van der Waals surface area contributed by atoms with Gasteiger partial charge < -0.3 is 5.32 Å². The first-order valence-corrected chi connectivity index (χ1v) is 7.34. The molecule has 0 radical (unpaired) electrons. The highest BCUT2D eigenvalue weighted by molar-refractivity contribution is 5.61. The van der Waals surface area contributed by atoms with Crippen molar-refractivity contribution in [2.75, 3.05) is 5.32 Å². The van der Waals surface area contributed by atoms with Crippen LogP contribution in [0.2, 0.25) is 0 Å². The van der Waals surface area contributed by atoms with E-state index in [1.54, 1.807) is 12.1 Å². The van der Waals surface area contributed by atoms with Crippen LogP contribution < -0.4 is 5.32 Å². The van der Waals surface area contributed by atoms with Crippen molar-refractivity contribution in [3.63, 3.8) is 0 Å². The molecule has 5 heteroatoms. The molecule has 0 bridgehead atoms. The molecule has 0 fully saturated rings. The Morgan fingerprint density at radius 2 is 1.57 bits per heavy atom. The van der Waals surface area contributed by atoms with E-state index in [4.69, 9.17) is 0 Å². The number of hydrogen-bond acceptors (Lipinski definition) is 4. The number of benzene rings is 1. The quantitative estimate of drug-likeness (QED) is 0.781. The minimum absolute atomic E-state index is 0.269. The lowest BCUT2D eigenvalue weighted by Crippen LogP contribution is -2.02. The first-order valence-electron chi connectivity index (χ1n) is 7.34. The molecule has 3 aromatic rings. The molecule has 0 atom stereocenters. The number of pyridine rings is 1. The molecule has 0 amide bonds. The van der Waals surface area contributed by atoms with E-state index < -0.39 is 0 Å². The first kappa shape index (κ1) is 15.1. The Morgan fingerprint density at radius 1 is 0.826 bits per heavy atom. The molecule has 1 N–H and O–H groups in total. The first-order chi connectivity index (χ1) is 11.0. The van der Waals surface area contributed by atoms with Crippen LogP contribution in [0.5, 0.6) is 0 Å². The van der Waals surface area contributed by atoms with E-state index in [2.05, 4.69) is 20.3 Å². The van der Waals surface area contributed by atoms with Crippen molar-refractivity contribution in [2.45, 2.75) is 20.8 Å². The molecule has 23 heavy (non-hydrogen) atoms. The summed E-state index contributed by atoms with van der Waals surface area (Å²) in [6.07, 6.45) is 0. The monoisotopic (exact) mass is 308 g/mol. The van der Waals surface area contributed by atoms with Gasteiger partial charge in [0.25, 0.3) is 0 Å². The zero-order chi connectivity index (χ0) is 16.4. The molecule has 0 saturated carbocycles. The Labute approximate surface area is 134 Å². The molecule has 116 valence electrons. The van der Waals surface area contributed by atoms with Crippen molar-refractivity contribution in [3.8, 4) is 11.5 Å². The zero-order valence-electron chi connectivity index (χ0n) is 13.3. The van der Waals surface area contributed by atoms with Gasteiger partial charge in [-0.25, -0.2) is 19.3 Å². The normalized spacial score (nSPS) is 10.6. The standard InChI is InChI=1S/C18H17FN4/c1-11-4-5-12(2)20-17(11)18-21-13(3)10-16(23-18)22-15-8-6-14(19)7-9-15/h4-10H,1-3H3,(H,21,22,23). The number of aromatic nitrogens is 3. The fraction of sp³-hybridized carbons (Fsp3) is 0.167. The van der Waals surface area contributed by atoms with Gasteiger partial charge in [-0.3, -0.25) is 0 Å². The molecular formula is C18H17FN4.